The molecule has 12 heavy (non-hydrogen) atoms. The lowest BCUT2D eigenvalue weighted by Crippen LogP contribution is -2.08. The van der Waals surface area contributed by atoms with Gasteiger partial charge in [-0.2, -0.15) is 0 Å². The minimum absolute atomic E-state index is 0.128. The summed E-state index contributed by atoms with van der Waals surface area (Å²) in [6.07, 6.45) is 3.99. The molecule has 0 atom stereocenters. The summed E-state index contributed by atoms with van der Waals surface area (Å²) >= 11 is 6.92. The Hall–Kier alpha value is -0.480. The Kier molecular flexibility index (Phi) is 4.18. The molecule has 1 aromatic heterocycles. The van der Waals surface area contributed by atoms with Gasteiger partial charge < -0.3 is 4.98 Å². The normalized spacial score (nSPS) is 10.1. The van der Waals surface area contributed by atoms with Crippen LogP contribution < -0.4 is 5.56 Å². The van der Waals surface area contributed by atoms with Crippen molar-refractivity contribution in [2.45, 2.75) is 11.4 Å². The van der Waals surface area contributed by atoms with Gasteiger partial charge in [-0.1, -0.05) is 0 Å². The van der Waals surface area contributed by atoms with E-state index in [2.05, 4.69) is 9.97 Å². The van der Waals surface area contributed by atoms with Crippen molar-refractivity contribution in [1.82, 2.24) is 9.97 Å². The number of hydrogen-bond acceptors (Lipinski definition) is 3. The molecule has 1 N–H and O–H groups in total. The molecule has 1 rings (SSSR count). The summed E-state index contributed by atoms with van der Waals surface area (Å²) in [5.74, 6) is 1.46. The molecule has 1 aromatic rings. The highest BCUT2D eigenvalue weighted by Gasteiger charge is 1.98. The van der Waals surface area contributed by atoms with E-state index < -0.39 is 0 Å². The summed E-state index contributed by atoms with van der Waals surface area (Å²) in [5.41, 5.74) is -0.128. The van der Waals surface area contributed by atoms with Gasteiger partial charge in [0.2, 0.25) is 0 Å². The molecule has 0 aliphatic carbocycles. The van der Waals surface area contributed by atoms with Crippen molar-refractivity contribution in [3.63, 3.8) is 0 Å². The molecular formula is C7H9ClN2OS. The third-order valence-corrected chi connectivity index (χ3v) is 2.52. The largest absolute Gasteiger partial charge is 0.325 e. The van der Waals surface area contributed by atoms with Crippen molar-refractivity contribution in [2.24, 2.45) is 0 Å². The number of aromatic nitrogens is 2. The predicted octanol–water partition coefficient (Wildman–Crippen LogP) is 1.49. The maximum Gasteiger partial charge on any atom is 0.280 e. The van der Waals surface area contributed by atoms with Gasteiger partial charge in [-0.25, -0.2) is 4.98 Å². The molecule has 0 amide bonds. The highest BCUT2D eigenvalue weighted by molar-refractivity contribution is 7.99. The molecule has 0 aromatic carbocycles. The number of aromatic amines is 1. The Morgan fingerprint density at radius 1 is 1.67 bits per heavy atom. The maximum absolute atomic E-state index is 11.0. The fraction of sp³-hybridized carbons (Fsp3) is 0.429. The smallest absolute Gasteiger partial charge is 0.280 e. The standard InChI is InChI=1S/C7H9ClN2OS/c8-2-1-5-12-7-6(11)9-3-4-10-7/h3-4H,1-2,5H2,(H,9,11). The summed E-state index contributed by atoms with van der Waals surface area (Å²) in [7, 11) is 0. The molecule has 0 saturated carbocycles. The van der Waals surface area contributed by atoms with Crippen LogP contribution in [0.15, 0.2) is 22.2 Å². The first-order valence-electron chi connectivity index (χ1n) is 3.57. The summed E-state index contributed by atoms with van der Waals surface area (Å²) in [4.78, 5) is 17.5. The van der Waals surface area contributed by atoms with Crippen LogP contribution in [0.4, 0.5) is 0 Å². The highest BCUT2D eigenvalue weighted by Crippen LogP contribution is 2.10. The van der Waals surface area contributed by atoms with Gasteiger partial charge in [0.1, 0.15) is 0 Å². The Bertz CT molecular complexity index is 289. The number of nitrogens with zero attached hydrogens (tertiary/aromatic N) is 1. The van der Waals surface area contributed by atoms with Crippen LogP contribution in [0.1, 0.15) is 6.42 Å². The number of rotatable bonds is 4. The van der Waals surface area contributed by atoms with E-state index in [0.717, 1.165) is 12.2 Å². The van der Waals surface area contributed by atoms with E-state index in [1.807, 2.05) is 0 Å². The number of thioether (sulfide) groups is 1. The van der Waals surface area contributed by atoms with Crippen LogP contribution in [0.2, 0.25) is 0 Å². The summed E-state index contributed by atoms with van der Waals surface area (Å²) in [6, 6.07) is 0. The van der Waals surface area contributed by atoms with Crippen LogP contribution in [0.3, 0.4) is 0 Å². The van der Waals surface area contributed by atoms with E-state index in [-0.39, 0.29) is 5.56 Å². The highest BCUT2D eigenvalue weighted by atomic mass is 35.5. The summed E-state index contributed by atoms with van der Waals surface area (Å²) in [5, 5.41) is 0.516. The van der Waals surface area contributed by atoms with E-state index in [9.17, 15) is 4.79 Å². The number of alkyl halides is 1. The van der Waals surface area contributed by atoms with E-state index in [4.69, 9.17) is 11.6 Å². The van der Waals surface area contributed by atoms with E-state index in [1.165, 1.54) is 18.0 Å². The van der Waals surface area contributed by atoms with Crippen molar-refractivity contribution in [1.29, 1.82) is 0 Å². The molecule has 0 bridgehead atoms. The first kappa shape index (κ1) is 9.61. The molecule has 0 unspecified atom stereocenters. The first-order valence-corrected chi connectivity index (χ1v) is 5.09. The summed E-state index contributed by atoms with van der Waals surface area (Å²) < 4.78 is 0. The molecule has 1 heterocycles. The van der Waals surface area contributed by atoms with Crippen molar-refractivity contribution < 1.29 is 0 Å². The van der Waals surface area contributed by atoms with Gasteiger partial charge in [0.25, 0.3) is 5.56 Å². The quantitative estimate of drug-likeness (QED) is 0.459. The average Bonchev–Trinajstić information content (AvgIpc) is 2.09. The molecule has 0 saturated heterocycles. The second-order valence-corrected chi connectivity index (χ2v) is 3.58. The molecule has 0 spiro atoms. The zero-order valence-electron chi connectivity index (χ0n) is 6.42. The lowest BCUT2D eigenvalue weighted by atomic mass is 10.6. The number of halogens is 1. The van der Waals surface area contributed by atoms with E-state index in [1.54, 1.807) is 6.20 Å². The fourth-order valence-corrected chi connectivity index (χ4v) is 1.76. The van der Waals surface area contributed by atoms with Crippen LogP contribution >= 0.6 is 23.4 Å². The monoisotopic (exact) mass is 204 g/mol. The Balaban J connectivity index is 2.52. The van der Waals surface area contributed by atoms with Crippen molar-refractivity contribution in [3.8, 4) is 0 Å². The number of H-pyrrole nitrogens is 1. The van der Waals surface area contributed by atoms with Gasteiger partial charge in [0, 0.05) is 24.0 Å². The van der Waals surface area contributed by atoms with Gasteiger partial charge in [-0.3, -0.25) is 4.79 Å². The van der Waals surface area contributed by atoms with Gasteiger partial charge >= 0.3 is 0 Å². The number of hydrogen-bond donors (Lipinski definition) is 1. The zero-order chi connectivity index (χ0) is 8.81. The van der Waals surface area contributed by atoms with E-state index >= 15 is 0 Å². The lowest BCUT2D eigenvalue weighted by molar-refractivity contribution is 0.991. The third kappa shape index (κ3) is 2.87. The Labute approximate surface area is 79.6 Å². The second kappa shape index (κ2) is 5.22. The van der Waals surface area contributed by atoms with Gasteiger partial charge in [-0.15, -0.1) is 23.4 Å². The first-order chi connectivity index (χ1) is 5.84. The minimum Gasteiger partial charge on any atom is -0.325 e. The topological polar surface area (TPSA) is 45.8 Å². The van der Waals surface area contributed by atoms with Gasteiger partial charge in [0.15, 0.2) is 5.03 Å². The average molecular weight is 205 g/mol. The van der Waals surface area contributed by atoms with Crippen LogP contribution in [0, 0.1) is 0 Å². The minimum atomic E-state index is -0.128. The van der Waals surface area contributed by atoms with Gasteiger partial charge in [0.05, 0.1) is 0 Å². The predicted molar refractivity (Wildman–Crippen MR) is 50.9 cm³/mol. The van der Waals surface area contributed by atoms with Crippen molar-refractivity contribution >= 4 is 23.4 Å². The molecular weight excluding hydrogens is 196 g/mol. The molecule has 3 nitrogen and oxygen atoms in total. The zero-order valence-corrected chi connectivity index (χ0v) is 7.99. The van der Waals surface area contributed by atoms with Crippen LogP contribution in [-0.4, -0.2) is 21.6 Å². The third-order valence-electron chi connectivity index (χ3n) is 1.19. The second-order valence-electron chi connectivity index (χ2n) is 2.11. The molecule has 0 aliphatic heterocycles. The van der Waals surface area contributed by atoms with Crippen molar-refractivity contribution in [2.75, 3.05) is 11.6 Å². The van der Waals surface area contributed by atoms with Crippen LogP contribution in [0.25, 0.3) is 0 Å². The van der Waals surface area contributed by atoms with Crippen molar-refractivity contribution in [3.05, 3.63) is 22.7 Å². The Morgan fingerprint density at radius 2 is 2.50 bits per heavy atom. The van der Waals surface area contributed by atoms with Crippen LogP contribution in [-0.2, 0) is 0 Å². The Morgan fingerprint density at radius 3 is 3.17 bits per heavy atom. The van der Waals surface area contributed by atoms with E-state index in [0.29, 0.717) is 10.9 Å². The maximum atomic E-state index is 11.0. The SMILES string of the molecule is O=c1[nH]ccnc1SCCCCl. The molecule has 0 radical (unpaired) electrons. The summed E-state index contributed by atoms with van der Waals surface area (Å²) in [6.45, 7) is 0. The lowest BCUT2D eigenvalue weighted by Gasteiger charge is -1.95. The van der Waals surface area contributed by atoms with Gasteiger partial charge in [-0.05, 0) is 6.42 Å². The van der Waals surface area contributed by atoms with Crippen LogP contribution in [0.5, 0.6) is 0 Å². The fourth-order valence-electron chi connectivity index (χ4n) is 0.664. The number of nitrogens with one attached hydrogen (secondary N) is 1. The molecule has 66 valence electrons. The molecule has 5 heteroatoms. The molecule has 0 fully saturated rings. The molecule has 0 aliphatic rings.